The van der Waals surface area contributed by atoms with E-state index in [0.29, 0.717) is 11.4 Å². The zero-order chi connectivity index (χ0) is 18.8. The van der Waals surface area contributed by atoms with E-state index in [0.717, 1.165) is 43.0 Å². The van der Waals surface area contributed by atoms with E-state index in [1.54, 1.807) is 7.11 Å². The van der Waals surface area contributed by atoms with Gasteiger partial charge in [-0.15, -0.1) is 0 Å². The molecule has 0 spiro atoms. The molecule has 1 fully saturated rings. The van der Waals surface area contributed by atoms with Crippen LogP contribution in [0, 0.1) is 6.92 Å². The van der Waals surface area contributed by atoms with E-state index < -0.39 is 0 Å². The second kappa shape index (κ2) is 7.40. The predicted molar refractivity (Wildman–Crippen MR) is 107 cm³/mol. The monoisotopic (exact) mass is 364 g/mol. The van der Waals surface area contributed by atoms with Crippen molar-refractivity contribution in [2.75, 3.05) is 30.4 Å². The Kier molecular flexibility index (Phi) is 4.81. The van der Waals surface area contributed by atoms with Crippen LogP contribution in [0.3, 0.4) is 0 Å². The Morgan fingerprint density at radius 3 is 2.81 bits per heavy atom. The zero-order valence-electron chi connectivity index (χ0n) is 15.7. The summed E-state index contributed by atoms with van der Waals surface area (Å²) in [5.41, 5.74) is 3.98. The fraction of sp³-hybridized carbons (Fsp3) is 0.333. The van der Waals surface area contributed by atoms with Crippen molar-refractivity contribution in [3.63, 3.8) is 0 Å². The number of anilines is 2. The van der Waals surface area contributed by atoms with Crippen molar-refractivity contribution in [3.05, 3.63) is 60.0 Å². The summed E-state index contributed by atoms with van der Waals surface area (Å²) in [6, 6.07) is 13.7. The Morgan fingerprint density at radius 2 is 2.04 bits per heavy atom. The van der Waals surface area contributed by atoms with Gasteiger partial charge in [0, 0.05) is 37.8 Å². The van der Waals surface area contributed by atoms with Crippen LogP contribution in [0.25, 0.3) is 5.65 Å². The maximum atomic E-state index is 12.8. The number of carbonyl (C=O) groups is 1. The molecule has 0 bridgehead atoms. The molecule has 1 atom stereocenters. The lowest BCUT2D eigenvalue weighted by molar-refractivity contribution is 0.0893. The minimum atomic E-state index is -0.156. The molecule has 1 saturated heterocycles. The summed E-state index contributed by atoms with van der Waals surface area (Å²) in [5.74, 6) is -0.156. The lowest BCUT2D eigenvalue weighted by Gasteiger charge is -2.33. The third kappa shape index (κ3) is 3.53. The number of amides is 1. The number of aryl methyl sites for hydroxylation is 1. The number of nitrogens with one attached hydrogen (secondary N) is 1. The molecule has 0 saturated carbocycles. The van der Waals surface area contributed by atoms with E-state index in [2.05, 4.69) is 27.3 Å². The lowest BCUT2D eigenvalue weighted by Crippen LogP contribution is -2.39. The first-order chi connectivity index (χ1) is 13.2. The van der Waals surface area contributed by atoms with Crippen LogP contribution in [-0.4, -0.2) is 41.6 Å². The first kappa shape index (κ1) is 17.5. The number of fused-ring (bicyclic) bond motifs is 1. The number of rotatable bonds is 4. The van der Waals surface area contributed by atoms with Crippen LogP contribution in [0.4, 0.5) is 11.4 Å². The van der Waals surface area contributed by atoms with Gasteiger partial charge < -0.3 is 15.0 Å². The molecule has 27 heavy (non-hydrogen) atoms. The maximum Gasteiger partial charge on any atom is 0.274 e. The van der Waals surface area contributed by atoms with Crippen LogP contribution < -0.4 is 10.2 Å². The molecule has 1 N–H and O–H groups in total. The van der Waals surface area contributed by atoms with E-state index in [1.807, 2.05) is 47.9 Å². The van der Waals surface area contributed by atoms with Crippen LogP contribution in [-0.2, 0) is 4.74 Å². The van der Waals surface area contributed by atoms with Gasteiger partial charge in [-0.25, -0.2) is 4.98 Å². The molecule has 6 nitrogen and oxygen atoms in total. The van der Waals surface area contributed by atoms with Crippen molar-refractivity contribution in [1.82, 2.24) is 9.38 Å². The molecule has 1 aromatic carbocycles. The number of hydrogen-bond donors (Lipinski definition) is 1. The molecule has 1 unspecified atom stereocenters. The highest BCUT2D eigenvalue weighted by molar-refractivity contribution is 6.04. The van der Waals surface area contributed by atoms with Crippen LogP contribution in [0.1, 0.15) is 29.0 Å². The molecule has 1 amide bonds. The SMILES string of the molecule is COC1CCCN(c2ccc(NC(=O)c3c(C)nc4ccccn34)cc2)C1. The van der Waals surface area contributed by atoms with Crippen molar-refractivity contribution in [3.8, 4) is 0 Å². The first-order valence-corrected chi connectivity index (χ1v) is 9.28. The predicted octanol–water partition coefficient (Wildman–Crippen LogP) is 3.51. The number of carbonyl (C=O) groups excluding carboxylic acids is 1. The molecular formula is C21H24N4O2. The minimum Gasteiger partial charge on any atom is -0.380 e. The fourth-order valence-corrected chi connectivity index (χ4v) is 3.70. The van der Waals surface area contributed by atoms with E-state index in [4.69, 9.17) is 4.74 Å². The zero-order valence-corrected chi connectivity index (χ0v) is 15.7. The van der Waals surface area contributed by atoms with Crippen molar-refractivity contribution >= 4 is 22.9 Å². The van der Waals surface area contributed by atoms with Gasteiger partial charge in [-0.1, -0.05) is 6.07 Å². The van der Waals surface area contributed by atoms with E-state index in [-0.39, 0.29) is 12.0 Å². The van der Waals surface area contributed by atoms with Crippen LogP contribution in [0.5, 0.6) is 0 Å². The molecule has 0 aliphatic carbocycles. The molecular weight excluding hydrogens is 340 g/mol. The first-order valence-electron chi connectivity index (χ1n) is 9.28. The van der Waals surface area contributed by atoms with Gasteiger partial charge in [-0.2, -0.15) is 0 Å². The number of hydrogen-bond acceptors (Lipinski definition) is 4. The third-order valence-corrected chi connectivity index (χ3v) is 5.12. The number of nitrogens with zero attached hydrogens (tertiary/aromatic N) is 3. The highest BCUT2D eigenvalue weighted by Crippen LogP contribution is 2.23. The number of imidazole rings is 1. The van der Waals surface area contributed by atoms with Crippen LogP contribution >= 0.6 is 0 Å². The van der Waals surface area contributed by atoms with Crippen LogP contribution in [0.2, 0.25) is 0 Å². The average molecular weight is 364 g/mol. The molecule has 3 aromatic rings. The number of piperidine rings is 1. The van der Waals surface area contributed by atoms with Gasteiger partial charge in [0.2, 0.25) is 0 Å². The summed E-state index contributed by atoms with van der Waals surface area (Å²) in [6.45, 7) is 3.80. The number of aromatic nitrogens is 2. The summed E-state index contributed by atoms with van der Waals surface area (Å²) in [5, 5.41) is 2.98. The Morgan fingerprint density at radius 1 is 1.22 bits per heavy atom. The van der Waals surface area contributed by atoms with Crippen molar-refractivity contribution in [2.24, 2.45) is 0 Å². The summed E-state index contributed by atoms with van der Waals surface area (Å²) >= 11 is 0. The molecule has 2 aromatic heterocycles. The minimum absolute atomic E-state index is 0.156. The Hall–Kier alpha value is -2.86. The molecule has 1 aliphatic rings. The van der Waals surface area contributed by atoms with Gasteiger partial charge in [0.25, 0.3) is 5.91 Å². The highest BCUT2D eigenvalue weighted by atomic mass is 16.5. The molecule has 1 aliphatic heterocycles. The summed E-state index contributed by atoms with van der Waals surface area (Å²) in [7, 11) is 1.77. The highest BCUT2D eigenvalue weighted by Gasteiger charge is 2.20. The molecule has 4 rings (SSSR count). The Labute approximate surface area is 158 Å². The topological polar surface area (TPSA) is 58.9 Å². The smallest absolute Gasteiger partial charge is 0.274 e. The second-order valence-corrected chi connectivity index (χ2v) is 6.92. The molecule has 140 valence electrons. The third-order valence-electron chi connectivity index (χ3n) is 5.12. The van der Waals surface area contributed by atoms with Gasteiger partial charge in [0.05, 0.1) is 11.8 Å². The number of benzene rings is 1. The standard InChI is InChI=1S/C21H24N4O2/c1-15-20(25-13-4-3-7-19(25)22-15)21(26)23-16-8-10-17(11-9-16)24-12-5-6-18(14-24)27-2/h3-4,7-11,13,18H,5-6,12,14H2,1-2H3,(H,23,26). The van der Waals surface area contributed by atoms with Crippen LogP contribution in [0.15, 0.2) is 48.7 Å². The van der Waals surface area contributed by atoms with Gasteiger partial charge >= 0.3 is 0 Å². The van der Waals surface area contributed by atoms with E-state index in [9.17, 15) is 4.79 Å². The Bertz CT molecular complexity index is 948. The fourth-order valence-electron chi connectivity index (χ4n) is 3.70. The number of methoxy groups -OCH3 is 1. The van der Waals surface area contributed by atoms with Crippen molar-refractivity contribution < 1.29 is 9.53 Å². The maximum absolute atomic E-state index is 12.8. The molecule has 3 heterocycles. The second-order valence-electron chi connectivity index (χ2n) is 6.92. The van der Waals surface area contributed by atoms with Gasteiger partial charge in [-0.05, 0) is 56.2 Å². The summed E-state index contributed by atoms with van der Waals surface area (Å²) < 4.78 is 7.32. The largest absolute Gasteiger partial charge is 0.380 e. The molecule has 6 heteroatoms. The lowest BCUT2D eigenvalue weighted by atomic mass is 10.1. The van der Waals surface area contributed by atoms with Crippen molar-refractivity contribution in [1.29, 1.82) is 0 Å². The quantitative estimate of drug-likeness (QED) is 0.770. The molecule has 0 radical (unpaired) electrons. The van der Waals surface area contributed by atoms with Gasteiger partial charge in [0.15, 0.2) is 0 Å². The number of pyridine rings is 1. The number of ether oxygens (including phenoxy) is 1. The average Bonchev–Trinajstić information content (AvgIpc) is 3.04. The van der Waals surface area contributed by atoms with Gasteiger partial charge in [0.1, 0.15) is 11.3 Å². The van der Waals surface area contributed by atoms with Crippen molar-refractivity contribution in [2.45, 2.75) is 25.9 Å². The van der Waals surface area contributed by atoms with E-state index >= 15 is 0 Å². The summed E-state index contributed by atoms with van der Waals surface area (Å²) in [6.07, 6.45) is 4.39. The normalized spacial score (nSPS) is 17.3. The van der Waals surface area contributed by atoms with Gasteiger partial charge in [-0.3, -0.25) is 9.20 Å². The Balaban J connectivity index is 1.49. The van der Waals surface area contributed by atoms with E-state index in [1.165, 1.54) is 0 Å². The summed E-state index contributed by atoms with van der Waals surface area (Å²) in [4.78, 5) is 19.6.